The van der Waals surface area contributed by atoms with Crippen LogP contribution in [0, 0.1) is 6.92 Å². The van der Waals surface area contributed by atoms with E-state index in [2.05, 4.69) is 22.4 Å². The topological polar surface area (TPSA) is 89.8 Å². The number of hydrogen-bond acceptors (Lipinski definition) is 9. The zero-order valence-electron chi connectivity index (χ0n) is 17.2. The van der Waals surface area contributed by atoms with Crippen LogP contribution in [-0.2, 0) is 11.2 Å². The zero-order chi connectivity index (χ0) is 22.0. The predicted octanol–water partition coefficient (Wildman–Crippen LogP) is 4.27. The van der Waals surface area contributed by atoms with E-state index < -0.39 is 0 Å². The minimum Gasteiger partial charge on any atom is -0.300 e. The Balaban J connectivity index is 1.57. The maximum Gasteiger partial charge on any atom is 0.272 e. The number of aromatic nitrogens is 4. The van der Waals surface area contributed by atoms with Gasteiger partial charge in [0.15, 0.2) is 9.50 Å². The summed E-state index contributed by atoms with van der Waals surface area (Å²) in [7, 11) is 0. The predicted molar refractivity (Wildman–Crippen MR) is 129 cm³/mol. The molecule has 0 unspecified atom stereocenters. The van der Waals surface area contributed by atoms with Crippen LogP contribution in [0.1, 0.15) is 25.1 Å². The highest BCUT2D eigenvalue weighted by molar-refractivity contribution is 8.01. The van der Waals surface area contributed by atoms with Crippen LogP contribution in [0.5, 0.6) is 0 Å². The first kappa shape index (κ1) is 22.4. The van der Waals surface area contributed by atoms with E-state index in [1.807, 2.05) is 38.1 Å². The molecule has 0 aliphatic carbocycles. The number of fused-ring (bicyclic) bond motifs is 1. The summed E-state index contributed by atoms with van der Waals surface area (Å²) in [4.78, 5) is 31.3. The van der Waals surface area contributed by atoms with Crippen molar-refractivity contribution < 1.29 is 4.79 Å². The third-order valence-corrected chi connectivity index (χ3v) is 8.43. The van der Waals surface area contributed by atoms with Gasteiger partial charge < -0.3 is 0 Å². The quantitative estimate of drug-likeness (QED) is 0.298. The smallest absolute Gasteiger partial charge is 0.272 e. The van der Waals surface area contributed by atoms with Gasteiger partial charge in [0.05, 0.1) is 22.0 Å². The minimum atomic E-state index is -0.206. The van der Waals surface area contributed by atoms with E-state index in [1.165, 1.54) is 23.1 Å². The molecule has 1 aromatic carbocycles. The van der Waals surface area contributed by atoms with Crippen LogP contribution in [0.15, 0.2) is 43.5 Å². The summed E-state index contributed by atoms with van der Waals surface area (Å²) in [5.41, 5.74) is 2.61. The van der Waals surface area contributed by atoms with Gasteiger partial charge >= 0.3 is 0 Å². The van der Waals surface area contributed by atoms with Crippen LogP contribution in [0.2, 0.25) is 0 Å². The largest absolute Gasteiger partial charge is 0.300 e. The van der Waals surface area contributed by atoms with Gasteiger partial charge in [-0.1, -0.05) is 66.4 Å². The van der Waals surface area contributed by atoms with Gasteiger partial charge in [0.1, 0.15) is 0 Å². The highest BCUT2D eigenvalue weighted by Crippen LogP contribution is 2.35. The molecule has 31 heavy (non-hydrogen) atoms. The van der Waals surface area contributed by atoms with Crippen molar-refractivity contribution in [2.75, 3.05) is 16.8 Å². The number of nitrogens with one attached hydrogen (secondary N) is 1. The number of benzene rings is 1. The number of anilines is 1. The summed E-state index contributed by atoms with van der Waals surface area (Å²) >= 11 is 5.76. The Bertz CT molecular complexity index is 1160. The van der Waals surface area contributed by atoms with Crippen molar-refractivity contribution in [2.45, 2.75) is 46.8 Å². The van der Waals surface area contributed by atoms with Crippen molar-refractivity contribution in [3.05, 3.63) is 45.9 Å². The monoisotopic (exact) mass is 491 g/mol. The molecule has 1 atom stereocenters. The summed E-state index contributed by atoms with van der Waals surface area (Å²) in [5.74, 6) is 0.813. The lowest BCUT2D eigenvalue weighted by Gasteiger charge is -2.13. The lowest BCUT2D eigenvalue weighted by Crippen LogP contribution is -2.24. The molecule has 0 radical (unpaired) electrons. The summed E-state index contributed by atoms with van der Waals surface area (Å²) in [5, 5.41) is 12.2. The third kappa shape index (κ3) is 5.16. The van der Waals surface area contributed by atoms with E-state index in [0.717, 1.165) is 33.5 Å². The lowest BCUT2D eigenvalue weighted by atomic mass is 10.2. The molecule has 0 bridgehead atoms. The number of carbonyl (C=O) groups is 1. The number of amides is 1. The summed E-state index contributed by atoms with van der Waals surface area (Å²) in [6, 6.07) is 7.75. The van der Waals surface area contributed by atoms with E-state index in [4.69, 9.17) is 4.98 Å². The standard InChI is InChI=1S/C20H21N5O2S4/c1-4-28-20-24-23-18(31-20)22-15(26)10-29-19-21-14-9-12(3)30-16(14)17(27)25(19)13-7-5-11(2)6-8-13/h5-8,12H,4,9-10H2,1-3H3,(H,22,23,26)/t12-/m0/s1. The zero-order valence-corrected chi connectivity index (χ0v) is 20.5. The number of thioether (sulfide) groups is 3. The number of hydrogen-bond donors (Lipinski definition) is 1. The maximum absolute atomic E-state index is 13.3. The second-order valence-electron chi connectivity index (χ2n) is 6.92. The molecular formula is C20H21N5O2S4. The summed E-state index contributed by atoms with van der Waals surface area (Å²) < 4.78 is 2.44. The fourth-order valence-electron chi connectivity index (χ4n) is 3.05. The van der Waals surface area contributed by atoms with E-state index in [-0.39, 0.29) is 17.2 Å². The van der Waals surface area contributed by atoms with Crippen molar-refractivity contribution in [1.29, 1.82) is 0 Å². The first-order valence-electron chi connectivity index (χ1n) is 9.73. The molecule has 162 valence electrons. The molecule has 0 spiro atoms. The molecule has 1 aliphatic heterocycles. The van der Waals surface area contributed by atoms with E-state index in [1.54, 1.807) is 28.1 Å². The summed E-state index contributed by atoms with van der Waals surface area (Å²) in [6.07, 6.45) is 0.756. The molecule has 1 aliphatic rings. The Hall–Kier alpha value is -1.82. The van der Waals surface area contributed by atoms with Crippen molar-refractivity contribution in [2.24, 2.45) is 0 Å². The van der Waals surface area contributed by atoms with E-state index in [0.29, 0.717) is 20.4 Å². The molecule has 11 heteroatoms. The molecule has 0 fully saturated rings. The Labute approximate surface area is 196 Å². The van der Waals surface area contributed by atoms with Crippen LogP contribution in [0.4, 0.5) is 5.13 Å². The molecule has 3 heterocycles. The molecule has 0 saturated carbocycles. The second kappa shape index (κ2) is 9.76. The van der Waals surface area contributed by atoms with Gasteiger partial charge in [0.2, 0.25) is 11.0 Å². The van der Waals surface area contributed by atoms with Crippen LogP contribution in [0.3, 0.4) is 0 Å². The van der Waals surface area contributed by atoms with Crippen molar-refractivity contribution >= 4 is 57.7 Å². The first-order valence-corrected chi connectivity index (χ1v) is 13.4. The van der Waals surface area contributed by atoms with Crippen molar-refractivity contribution in [1.82, 2.24) is 19.7 Å². The average molecular weight is 492 g/mol. The Morgan fingerprint density at radius 3 is 2.77 bits per heavy atom. The van der Waals surface area contributed by atoms with Gasteiger partial charge in [0.25, 0.3) is 5.56 Å². The number of aryl methyl sites for hydroxylation is 1. The highest BCUT2D eigenvalue weighted by atomic mass is 32.2. The van der Waals surface area contributed by atoms with Gasteiger partial charge in [-0.2, -0.15) is 0 Å². The molecular weight excluding hydrogens is 471 g/mol. The van der Waals surface area contributed by atoms with E-state index >= 15 is 0 Å². The molecule has 1 N–H and O–H groups in total. The van der Waals surface area contributed by atoms with Gasteiger partial charge in [-0.05, 0) is 24.8 Å². The van der Waals surface area contributed by atoms with Gasteiger partial charge in [-0.3, -0.25) is 19.5 Å². The van der Waals surface area contributed by atoms with Crippen molar-refractivity contribution in [3.8, 4) is 5.69 Å². The van der Waals surface area contributed by atoms with Gasteiger partial charge in [0, 0.05) is 11.7 Å². The number of nitrogens with zero attached hydrogens (tertiary/aromatic N) is 4. The SMILES string of the molecule is CCSc1nnc(NC(=O)CSc2nc3c(c(=O)n2-c2ccc(C)cc2)S[C@@H](C)C3)s1. The first-order chi connectivity index (χ1) is 14.9. The van der Waals surface area contributed by atoms with Gasteiger partial charge in [-0.25, -0.2) is 4.98 Å². The van der Waals surface area contributed by atoms with E-state index in [9.17, 15) is 9.59 Å². The Kier molecular flexibility index (Phi) is 7.05. The second-order valence-corrected chi connectivity index (χ2v) is 11.8. The maximum atomic E-state index is 13.3. The molecule has 7 nitrogen and oxygen atoms in total. The normalized spacial score (nSPS) is 15.1. The average Bonchev–Trinajstić information content (AvgIpc) is 3.33. The number of carbonyl (C=O) groups excluding carboxylic acids is 1. The third-order valence-electron chi connectivity index (χ3n) is 4.43. The Morgan fingerprint density at radius 1 is 1.26 bits per heavy atom. The highest BCUT2D eigenvalue weighted by Gasteiger charge is 2.27. The molecule has 4 rings (SSSR count). The van der Waals surface area contributed by atoms with Crippen LogP contribution in [-0.4, -0.2) is 42.4 Å². The van der Waals surface area contributed by atoms with Crippen LogP contribution in [0.25, 0.3) is 5.69 Å². The van der Waals surface area contributed by atoms with Crippen molar-refractivity contribution in [3.63, 3.8) is 0 Å². The molecule has 2 aromatic heterocycles. The van der Waals surface area contributed by atoms with Gasteiger partial charge in [-0.15, -0.1) is 22.0 Å². The van der Waals surface area contributed by atoms with Crippen LogP contribution >= 0.6 is 46.6 Å². The Morgan fingerprint density at radius 2 is 2.03 bits per heavy atom. The molecule has 0 saturated heterocycles. The minimum absolute atomic E-state index is 0.0727. The molecule has 3 aromatic rings. The summed E-state index contributed by atoms with van der Waals surface area (Å²) in [6.45, 7) is 6.13. The fraction of sp³-hybridized carbons (Fsp3) is 0.350. The molecule has 1 amide bonds. The lowest BCUT2D eigenvalue weighted by molar-refractivity contribution is -0.113. The fourth-order valence-corrected chi connectivity index (χ4v) is 6.64. The van der Waals surface area contributed by atoms with Crippen LogP contribution < -0.4 is 10.9 Å². The number of rotatable bonds is 7.